The van der Waals surface area contributed by atoms with Crippen LogP contribution < -0.4 is 9.80 Å². The number of benzene rings is 7. The van der Waals surface area contributed by atoms with Crippen LogP contribution in [0.1, 0.15) is 11.1 Å². The van der Waals surface area contributed by atoms with E-state index in [1.807, 2.05) is 11.3 Å². The van der Waals surface area contributed by atoms with Gasteiger partial charge in [0.1, 0.15) is 0 Å². The van der Waals surface area contributed by atoms with Crippen LogP contribution in [0.2, 0.25) is 0 Å². The summed E-state index contributed by atoms with van der Waals surface area (Å²) in [5.41, 5.74) is 9.45. The highest BCUT2D eigenvalue weighted by molar-refractivity contribution is 7.25. The zero-order valence-corrected chi connectivity index (χ0v) is 26.1. The van der Waals surface area contributed by atoms with Gasteiger partial charge < -0.3 is 9.80 Å². The lowest BCUT2D eigenvalue weighted by Crippen LogP contribution is -2.10. The molecule has 7 aromatic carbocycles. The van der Waals surface area contributed by atoms with E-state index in [9.17, 15) is 0 Å². The molecule has 0 saturated heterocycles. The van der Waals surface area contributed by atoms with Crippen LogP contribution in [0.4, 0.5) is 34.1 Å². The van der Waals surface area contributed by atoms with E-state index in [1.165, 1.54) is 31.3 Å². The van der Waals surface area contributed by atoms with Crippen LogP contribution in [0.3, 0.4) is 0 Å². The molecule has 2 nitrogen and oxygen atoms in total. The van der Waals surface area contributed by atoms with Crippen LogP contribution in [0, 0.1) is 0 Å². The van der Waals surface area contributed by atoms with Crippen molar-refractivity contribution in [2.45, 2.75) is 6.42 Å². The predicted molar refractivity (Wildman–Crippen MR) is 198 cm³/mol. The molecule has 1 aromatic heterocycles. The Balaban J connectivity index is 1.08. The molecule has 8 rings (SSSR count). The monoisotopic (exact) mass is 608 g/mol. The van der Waals surface area contributed by atoms with E-state index in [0.717, 1.165) is 40.5 Å². The molecule has 0 fully saturated rings. The van der Waals surface area contributed by atoms with Crippen LogP contribution in [-0.2, 0) is 6.42 Å². The van der Waals surface area contributed by atoms with E-state index in [-0.39, 0.29) is 0 Å². The number of hydrogen-bond acceptors (Lipinski definition) is 3. The fourth-order valence-corrected chi connectivity index (χ4v) is 7.33. The van der Waals surface area contributed by atoms with E-state index < -0.39 is 0 Å². The summed E-state index contributed by atoms with van der Waals surface area (Å²) in [4.78, 5) is 4.65. The standard InChI is InChI=1S/C43H32N2S/c1-4-12-34(13-5-1)44(35-14-6-2-7-15-35)37-24-20-32(21-25-37)30-33-22-26-38(27-23-33)45(36-16-8-3-9-17-36)39-28-29-43-41(31-39)40-18-10-11-19-42(40)46-43/h1-29,31H,30H2. The number of fused-ring (bicyclic) bond motifs is 3. The maximum atomic E-state index is 2.35. The molecule has 0 unspecified atom stereocenters. The number of para-hydroxylation sites is 3. The van der Waals surface area contributed by atoms with Crippen molar-refractivity contribution in [2.24, 2.45) is 0 Å². The molecule has 0 amide bonds. The van der Waals surface area contributed by atoms with E-state index >= 15 is 0 Å². The Morgan fingerprint density at radius 1 is 0.326 bits per heavy atom. The van der Waals surface area contributed by atoms with E-state index in [1.54, 1.807) is 0 Å². The molecule has 8 aromatic rings. The zero-order chi connectivity index (χ0) is 30.7. The van der Waals surface area contributed by atoms with Crippen molar-refractivity contribution in [2.75, 3.05) is 9.80 Å². The predicted octanol–water partition coefficient (Wildman–Crippen LogP) is 12.6. The number of rotatable bonds is 8. The van der Waals surface area contributed by atoms with Gasteiger partial charge >= 0.3 is 0 Å². The van der Waals surface area contributed by atoms with Crippen LogP contribution in [0.5, 0.6) is 0 Å². The minimum atomic E-state index is 0.870. The minimum Gasteiger partial charge on any atom is -0.311 e. The van der Waals surface area contributed by atoms with E-state index in [2.05, 4.69) is 192 Å². The Labute approximate surface area is 274 Å². The highest BCUT2D eigenvalue weighted by Crippen LogP contribution is 2.40. The summed E-state index contributed by atoms with van der Waals surface area (Å²) in [5, 5.41) is 2.62. The third-order valence-electron chi connectivity index (χ3n) is 8.46. The van der Waals surface area contributed by atoms with Gasteiger partial charge in [-0.05, 0) is 102 Å². The van der Waals surface area contributed by atoms with Crippen molar-refractivity contribution in [3.05, 3.63) is 193 Å². The third kappa shape index (κ3) is 5.53. The van der Waals surface area contributed by atoms with Crippen molar-refractivity contribution in [3.63, 3.8) is 0 Å². The number of thiophene rings is 1. The number of nitrogens with zero attached hydrogens (tertiary/aromatic N) is 2. The first-order valence-corrected chi connectivity index (χ1v) is 16.5. The summed E-state index contributed by atoms with van der Waals surface area (Å²) >= 11 is 1.86. The smallest absolute Gasteiger partial charge is 0.0468 e. The van der Waals surface area contributed by atoms with Gasteiger partial charge in [0.2, 0.25) is 0 Å². The van der Waals surface area contributed by atoms with Crippen molar-refractivity contribution < 1.29 is 0 Å². The van der Waals surface area contributed by atoms with Gasteiger partial charge in [0.05, 0.1) is 0 Å². The minimum absolute atomic E-state index is 0.870. The van der Waals surface area contributed by atoms with Crippen LogP contribution in [0.25, 0.3) is 20.2 Å². The highest BCUT2D eigenvalue weighted by Gasteiger charge is 2.15. The molecule has 1 heterocycles. The molecule has 0 spiro atoms. The quantitative estimate of drug-likeness (QED) is 0.169. The molecule has 46 heavy (non-hydrogen) atoms. The molecule has 0 saturated carbocycles. The molecule has 0 N–H and O–H groups in total. The van der Waals surface area contributed by atoms with Crippen LogP contribution in [-0.4, -0.2) is 0 Å². The molecule has 3 heteroatoms. The molecule has 0 aliphatic carbocycles. The lowest BCUT2D eigenvalue weighted by Gasteiger charge is -2.26. The van der Waals surface area contributed by atoms with Crippen LogP contribution in [0.15, 0.2) is 182 Å². The number of hydrogen-bond donors (Lipinski definition) is 0. The lowest BCUT2D eigenvalue weighted by molar-refractivity contribution is 1.18. The zero-order valence-electron chi connectivity index (χ0n) is 25.3. The largest absolute Gasteiger partial charge is 0.311 e. The Hall–Kier alpha value is -5.64. The van der Waals surface area contributed by atoms with Gasteiger partial charge in [0.25, 0.3) is 0 Å². The highest BCUT2D eigenvalue weighted by atomic mass is 32.1. The van der Waals surface area contributed by atoms with Crippen molar-refractivity contribution in [1.29, 1.82) is 0 Å². The molecular formula is C43H32N2S. The Morgan fingerprint density at radius 2 is 0.717 bits per heavy atom. The maximum absolute atomic E-state index is 2.35. The molecule has 220 valence electrons. The Bertz CT molecular complexity index is 2170. The second-order valence-electron chi connectivity index (χ2n) is 11.5. The summed E-state index contributed by atoms with van der Waals surface area (Å²) in [5.74, 6) is 0. The lowest BCUT2D eigenvalue weighted by atomic mass is 10.0. The van der Waals surface area contributed by atoms with Gasteiger partial charge in [0.15, 0.2) is 0 Å². The molecule has 0 atom stereocenters. The summed E-state index contributed by atoms with van der Waals surface area (Å²) in [6.45, 7) is 0. The first kappa shape index (κ1) is 27.9. The maximum Gasteiger partial charge on any atom is 0.0468 e. The van der Waals surface area contributed by atoms with E-state index in [4.69, 9.17) is 0 Å². The Morgan fingerprint density at radius 3 is 1.24 bits per heavy atom. The normalized spacial score (nSPS) is 11.1. The number of anilines is 6. The van der Waals surface area contributed by atoms with Gasteiger partial charge in [-0.1, -0.05) is 97.1 Å². The summed E-state index contributed by atoms with van der Waals surface area (Å²) < 4.78 is 2.64. The SMILES string of the molecule is c1ccc(N(c2ccccc2)c2ccc(Cc3ccc(N(c4ccccc4)c4ccc5sc6ccccc6c5c4)cc3)cc2)cc1. The van der Waals surface area contributed by atoms with Gasteiger partial charge in [0, 0.05) is 54.3 Å². The first-order chi connectivity index (χ1) is 22.8. The average molecular weight is 609 g/mol. The molecule has 0 bridgehead atoms. The fourth-order valence-electron chi connectivity index (χ4n) is 6.24. The van der Waals surface area contributed by atoms with Crippen molar-refractivity contribution in [3.8, 4) is 0 Å². The van der Waals surface area contributed by atoms with E-state index in [0.29, 0.717) is 0 Å². The van der Waals surface area contributed by atoms with Gasteiger partial charge in [-0.2, -0.15) is 0 Å². The summed E-state index contributed by atoms with van der Waals surface area (Å²) in [6.07, 6.45) is 0.870. The molecule has 0 aliphatic heterocycles. The summed E-state index contributed by atoms with van der Waals surface area (Å²) in [7, 11) is 0. The topological polar surface area (TPSA) is 6.48 Å². The van der Waals surface area contributed by atoms with Crippen molar-refractivity contribution >= 4 is 65.6 Å². The average Bonchev–Trinajstić information content (AvgIpc) is 3.50. The third-order valence-corrected chi connectivity index (χ3v) is 9.61. The second-order valence-corrected chi connectivity index (χ2v) is 12.5. The second kappa shape index (κ2) is 12.4. The van der Waals surface area contributed by atoms with Gasteiger partial charge in [-0.3, -0.25) is 0 Å². The Kier molecular flexibility index (Phi) is 7.51. The van der Waals surface area contributed by atoms with Gasteiger partial charge in [-0.25, -0.2) is 0 Å². The van der Waals surface area contributed by atoms with Crippen LogP contribution >= 0.6 is 11.3 Å². The summed E-state index contributed by atoms with van der Waals surface area (Å²) in [6, 6.07) is 65.2. The molecular weight excluding hydrogens is 577 g/mol. The van der Waals surface area contributed by atoms with Gasteiger partial charge in [-0.15, -0.1) is 11.3 Å². The van der Waals surface area contributed by atoms with Crippen molar-refractivity contribution in [1.82, 2.24) is 0 Å². The first-order valence-electron chi connectivity index (χ1n) is 15.6. The molecule has 0 radical (unpaired) electrons. The fraction of sp³-hybridized carbons (Fsp3) is 0.0233. The molecule has 0 aliphatic rings.